The Morgan fingerprint density at radius 2 is 1.50 bits per heavy atom. The van der Waals surface area contributed by atoms with Crippen molar-refractivity contribution in [3.8, 4) is 11.5 Å². The Balaban J connectivity index is 2.44. The fourth-order valence-corrected chi connectivity index (χ4v) is 3.75. The van der Waals surface area contributed by atoms with E-state index in [-0.39, 0.29) is 26.4 Å². The summed E-state index contributed by atoms with van der Waals surface area (Å²) < 4.78 is 34.9. The Hall–Kier alpha value is -1.43. The molecule has 4 nitrogen and oxygen atoms in total. The first-order valence-electron chi connectivity index (χ1n) is 6.29. The number of hydrogen-bond acceptors (Lipinski definition) is 4. The average molecular weight is 361 g/mol. The largest absolute Gasteiger partial charge is 0.495 e. The molecule has 7 heteroatoms. The minimum atomic E-state index is -4.10. The van der Waals surface area contributed by atoms with Crippen molar-refractivity contribution < 1.29 is 17.3 Å². The van der Waals surface area contributed by atoms with Crippen molar-refractivity contribution in [1.29, 1.82) is 0 Å². The zero-order chi connectivity index (χ0) is 16.5. The van der Waals surface area contributed by atoms with E-state index in [4.69, 9.17) is 32.1 Å². The molecule has 0 aromatic heterocycles. The topological polar surface area (TPSA) is 52.6 Å². The summed E-state index contributed by atoms with van der Waals surface area (Å²) in [4.78, 5) is -0.209. The summed E-state index contributed by atoms with van der Waals surface area (Å²) in [5.41, 5.74) is 1.79. The standard InChI is InChI=1S/C15H14Cl2O4S/c1-9-4-10(2)6-11(5-9)21-22(18,19)15-8-12(16)14(20-3)7-13(15)17/h4-8H,1-3H3. The van der Waals surface area contributed by atoms with E-state index >= 15 is 0 Å². The van der Waals surface area contributed by atoms with Gasteiger partial charge in [-0.2, -0.15) is 8.42 Å². The second-order valence-electron chi connectivity index (χ2n) is 4.78. The normalized spacial score (nSPS) is 11.3. The lowest BCUT2D eigenvalue weighted by molar-refractivity contribution is 0.414. The molecule has 0 unspecified atom stereocenters. The Bertz CT molecular complexity index is 796. The highest BCUT2D eigenvalue weighted by Gasteiger charge is 2.23. The summed E-state index contributed by atoms with van der Waals surface area (Å²) in [5, 5.41) is 0.111. The van der Waals surface area contributed by atoms with Gasteiger partial charge in [0.1, 0.15) is 16.4 Å². The quantitative estimate of drug-likeness (QED) is 0.758. The minimum Gasteiger partial charge on any atom is -0.495 e. The van der Waals surface area contributed by atoms with Crippen molar-refractivity contribution in [2.24, 2.45) is 0 Å². The van der Waals surface area contributed by atoms with Gasteiger partial charge >= 0.3 is 10.1 Å². The molecule has 0 atom stereocenters. The second-order valence-corrected chi connectivity index (χ2v) is 7.11. The van der Waals surface area contributed by atoms with Gasteiger partial charge in [-0.1, -0.05) is 29.3 Å². The molecule has 2 aromatic rings. The summed E-state index contributed by atoms with van der Waals surface area (Å²) >= 11 is 12.0. The number of aryl methyl sites for hydroxylation is 2. The van der Waals surface area contributed by atoms with Gasteiger partial charge < -0.3 is 8.92 Å². The van der Waals surface area contributed by atoms with Gasteiger partial charge in [-0.05, 0) is 43.2 Å². The van der Waals surface area contributed by atoms with Gasteiger partial charge in [0.25, 0.3) is 0 Å². The predicted molar refractivity (Wildman–Crippen MR) is 86.7 cm³/mol. The maximum absolute atomic E-state index is 12.4. The first-order chi connectivity index (χ1) is 10.2. The van der Waals surface area contributed by atoms with E-state index in [0.29, 0.717) is 0 Å². The molecular formula is C15H14Cl2O4S. The second kappa shape index (κ2) is 6.36. The lowest BCUT2D eigenvalue weighted by atomic mass is 10.1. The van der Waals surface area contributed by atoms with E-state index in [9.17, 15) is 8.42 Å². The third-order valence-corrected chi connectivity index (χ3v) is 4.89. The van der Waals surface area contributed by atoms with Crippen LogP contribution in [0, 0.1) is 13.8 Å². The molecule has 0 heterocycles. The molecule has 0 spiro atoms. The fraction of sp³-hybridized carbons (Fsp3) is 0.200. The monoisotopic (exact) mass is 360 g/mol. The molecule has 0 N–H and O–H groups in total. The van der Waals surface area contributed by atoms with Gasteiger partial charge in [0, 0.05) is 6.07 Å². The van der Waals surface area contributed by atoms with Crippen LogP contribution >= 0.6 is 23.2 Å². The van der Waals surface area contributed by atoms with Crippen LogP contribution in [0.4, 0.5) is 0 Å². The average Bonchev–Trinajstić information content (AvgIpc) is 2.38. The maximum Gasteiger partial charge on any atom is 0.340 e. The molecule has 0 radical (unpaired) electrons. The number of methoxy groups -OCH3 is 1. The van der Waals surface area contributed by atoms with E-state index in [1.165, 1.54) is 19.2 Å². The fourth-order valence-electron chi connectivity index (χ4n) is 2.01. The van der Waals surface area contributed by atoms with Gasteiger partial charge in [0.05, 0.1) is 17.2 Å². The van der Waals surface area contributed by atoms with E-state index in [1.807, 2.05) is 19.9 Å². The third kappa shape index (κ3) is 3.66. The van der Waals surface area contributed by atoms with Gasteiger partial charge in [0.15, 0.2) is 0 Å². The highest BCUT2D eigenvalue weighted by molar-refractivity contribution is 7.87. The third-order valence-electron chi connectivity index (χ3n) is 2.88. The lowest BCUT2D eigenvalue weighted by Crippen LogP contribution is -2.11. The molecule has 2 aromatic carbocycles. The van der Waals surface area contributed by atoms with E-state index in [2.05, 4.69) is 0 Å². The molecule has 0 aliphatic heterocycles. The van der Waals surface area contributed by atoms with E-state index < -0.39 is 10.1 Å². The Kier molecular flexibility index (Phi) is 4.90. The number of halogens is 2. The molecule has 118 valence electrons. The smallest absolute Gasteiger partial charge is 0.340 e. The number of ether oxygens (including phenoxy) is 1. The number of benzene rings is 2. The van der Waals surface area contributed by atoms with Crippen LogP contribution in [0.1, 0.15) is 11.1 Å². The van der Waals surface area contributed by atoms with Crippen molar-refractivity contribution in [3.05, 3.63) is 51.5 Å². The van der Waals surface area contributed by atoms with Crippen LogP contribution in [0.5, 0.6) is 11.5 Å². The minimum absolute atomic E-state index is 0.0226. The number of rotatable bonds is 4. The van der Waals surface area contributed by atoms with Crippen molar-refractivity contribution in [1.82, 2.24) is 0 Å². The Morgan fingerprint density at radius 1 is 0.909 bits per heavy atom. The first kappa shape index (κ1) is 16.9. The summed E-state index contributed by atoms with van der Waals surface area (Å²) in [6.45, 7) is 3.70. The molecule has 0 aliphatic rings. The molecule has 0 fully saturated rings. The van der Waals surface area contributed by atoms with Gasteiger partial charge in [0.2, 0.25) is 0 Å². The summed E-state index contributed by atoms with van der Waals surface area (Å²) in [7, 11) is -2.68. The Morgan fingerprint density at radius 3 is 2.05 bits per heavy atom. The van der Waals surface area contributed by atoms with Gasteiger partial charge in [-0.15, -0.1) is 0 Å². The van der Waals surface area contributed by atoms with Crippen LogP contribution in [0.15, 0.2) is 35.2 Å². The van der Waals surface area contributed by atoms with Gasteiger partial charge in [-0.3, -0.25) is 0 Å². The number of hydrogen-bond donors (Lipinski definition) is 0. The molecule has 0 saturated carbocycles. The molecule has 0 aliphatic carbocycles. The van der Waals surface area contributed by atoms with Gasteiger partial charge in [-0.25, -0.2) is 0 Å². The molecule has 2 rings (SSSR count). The maximum atomic E-state index is 12.4. The van der Waals surface area contributed by atoms with E-state index in [1.54, 1.807) is 12.1 Å². The van der Waals surface area contributed by atoms with Crippen LogP contribution in [0.2, 0.25) is 10.0 Å². The van der Waals surface area contributed by atoms with Crippen molar-refractivity contribution in [2.45, 2.75) is 18.7 Å². The summed E-state index contributed by atoms with van der Waals surface area (Å²) in [6.07, 6.45) is 0. The van der Waals surface area contributed by atoms with Crippen molar-refractivity contribution in [2.75, 3.05) is 7.11 Å². The highest BCUT2D eigenvalue weighted by Crippen LogP contribution is 2.34. The summed E-state index contributed by atoms with van der Waals surface area (Å²) in [5.74, 6) is 0.512. The molecule has 0 bridgehead atoms. The first-order valence-corrected chi connectivity index (χ1v) is 8.45. The van der Waals surface area contributed by atoms with Crippen molar-refractivity contribution >= 4 is 33.3 Å². The zero-order valence-electron chi connectivity index (χ0n) is 12.2. The molecular weight excluding hydrogens is 347 g/mol. The Labute approximate surface area is 139 Å². The van der Waals surface area contributed by atoms with Crippen molar-refractivity contribution in [3.63, 3.8) is 0 Å². The molecule has 22 heavy (non-hydrogen) atoms. The van der Waals surface area contributed by atoms with Crippen LogP contribution in [0.25, 0.3) is 0 Å². The molecule has 0 amide bonds. The van der Waals surface area contributed by atoms with Crippen LogP contribution in [-0.2, 0) is 10.1 Å². The van der Waals surface area contributed by atoms with Crippen LogP contribution in [-0.4, -0.2) is 15.5 Å². The summed E-state index contributed by atoms with van der Waals surface area (Å²) in [6, 6.07) is 7.71. The SMILES string of the molecule is COc1cc(Cl)c(S(=O)(=O)Oc2cc(C)cc(C)c2)cc1Cl. The zero-order valence-corrected chi connectivity index (χ0v) is 14.5. The molecule has 0 saturated heterocycles. The van der Waals surface area contributed by atoms with Crippen LogP contribution in [0.3, 0.4) is 0 Å². The van der Waals surface area contributed by atoms with Crippen LogP contribution < -0.4 is 8.92 Å². The highest BCUT2D eigenvalue weighted by atomic mass is 35.5. The van der Waals surface area contributed by atoms with E-state index in [0.717, 1.165) is 11.1 Å². The lowest BCUT2D eigenvalue weighted by Gasteiger charge is -2.11. The predicted octanol–water partition coefficient (Wildman–Crippen LogP) is 4.39.